The number of piperidine rings is 1. The molecule has 0 bridgehead atoms. The largest absolute Gasteiger partial charge is 0.337 e. The quantitative estimate of drug-likeness (QED) is 0.814. The van der Waals surface area contributed by atoms with Crippen molar-refractivity contribution in [1.29, 1.82) is 0 Å². The van der Waals surface area contributed by atoms with E-state index in [1.807, 2.05) is 44.2 Å². The Morgan fingerprint density at radius 3 is 2.17 bits per heavy atom. The molecule has 4 nitrogen and oxygen atoms in total. The van der Waals surface area contributed by atoms with Crippen molar-refractivity contribution in [3.05, 3.63) is 65.0 Å². The molecule has 3 rings (SSSR count). The zero-order valence-electron chi connectivity index (χ0n) is 14.2. The van der Waals surface area contributed by atoms with E-state index in [0.29, 0.717) is 31.6 Å². The predicted octanol–water partition coefficient (Wildman–Crippen LogP) is 3.43. The first-order valence-corrected chi connectivity index (χ1v) is 8.37. The Bertz CT molecular complexity index is 662. The molecule has 0 unspecified atom stereocenters. The normalized spacial score (nSPS) is 15.3. The van der Waals surface area contributed by atoms with Gasteiger partial charge in [0.2, 0.25) is 0 Å². The summed E-state index contributed by atoms with van der Waals surface area (Å²) < 4.78 is 0. The van der Waals surface area contributed by atoms with E-state index in [4.69, 9.17) is 0 Å². The molecular weight excluding hydrogens is 300 g/mol. The lowest BCUT2D eigenvalue weighted by atomic mass is 9.88. The van der Waals surface area contributed by atoms with E-state index in [1.165, 1.54) is 0 Å². The van der Waals surface area contributed by atoms with Gasteiger partial charge in [0.15, 0.2) is 5.78 Å². The van der Waals surface area contributed by atoms with Gasteiger partial charge in [-0.05, 0) is 38.3 Å². The number of ketones is 1. The summed E-state index contributed by atoms with van der Waals surface area (Å²) in [7, 11) is 0. The lowest BCUT2D eigenvalue weighted by molar-refractivity contribution is 0.0645. The number of hydrogen-bond acceptors (Lipinski definition) is 3. The number of carbonyl (C=O) groups is 2. The molecule has 0 saturated carbocycles. The lowest BCUT2D eigenvalue weighted by Crippen LogP contribution is -2.40. The average molecular weight is 322 g/mol. The molecule has 0 spiro atoms. The van der Waals surface area contributed by atoms with E-state index in [9.17, 15) is 9.59 Å². The number of Topliss-reactive ketones (excluding diaryl/α,β-unsaturated/α-hetero) is 1. The summed E-state index contributed by atoms with van der Waals surface area (Å²) in [5.74, 6) is 0.148. The molecule has 24 heavy (non-hydrogen) atoms. The summed E-state index contributed by atoms with van der Waals surface area (Å²) in [6.45, 7) is 5.17. The maximum absolute atomic E-state index is 12.6. The zero-order valence-corrected chi connectivity index (χ0v) is 14.2. The highest BCUT2D eigenvalue weighted by atomic mass is 16.2. The first-order chi connectivity index (χ1) is 11.5. The molecule has 0 N–H and O–H groups in total. The van der Waals surface area contributed by atoms with Crippen molar-refractivity contribution in [2.45, 2.75) is 26.7 Å². The van der Waals surface area contributed by atoms with Gasteiger partial charge in [-0.25, -0.2) is 0 Å². The fourth-order valence-electron chi connectivity index (χ4n) is 3.05. The Labute approximate surface area is 142 Å². The minimum absolute atomic E-state index is 0.00253. The van der Waals surface area contributed by atoms with E-state index in [0.717, 1.165) is 16.7 Å². The molecular formula is C20H22N2O2. The molecule has 0 radical (unpaired) electrons. The summed E-state index contributed by atoms with van der Waals surface area (Å²) >= 11 is 0. The number of nitrogens with zero attached hydrogens (tertiary/aromatic N) is 2. The average Bonchev–Trinajstić information content (AvgIpc) is 2.62. The van der Waals surface area contributed by atoms with Gasteiger partial charge in [0.1, 0.15) is 5.69 Å². The van der Waals surface area contributed by atoms with Crippen LogP contribution >= 0.6 is 0 Å². The Morgan fingerprint density at radius 1 is 0.958 bits per heavy atom. The van der Waals surface area contributed by atoms with Crippen LogP contribution in [0.1, 0.15) is 44.8 Å². The minimum Gasteiger partial charge on any atom is -0.337 e. The molecule has 0 atom stereocenters. The standard InChI is InChI=1S/C20H22N2O2/c1-14-3-6-16(7-4-14)19(23)17-9-11-22(12-10-17)20(24)18-8-5-15(2)13-21-18/h3-8,13,17H,9-12H2,1-2H3. The number of hydrogen-bond donors (Lipinski definition) is 0. The summed E-state index contributed by atoms with van der Waals surface area (Å²) in [6, 6.07) is 11.4. The van der Waals surface area contributed by atoms with Crippen molar-refractivity contribution >= 4 is 11.7 Å². The summed E-state index contributed by atoms with van der Waals surface area (Å²) in [5, 5.41) is 0. The van der Waals surface area contributed by atoms with Crippen LogP contribution in [-0.4, -0.2) is 34.7 Å². The first-order valence-electron chi connectivity index (χ1n) is 8.37. The fourth-order valence-corrected chi connectivity index (χ4v) is 3.05. The van der Waals surface area contributed by atoms with E-state index in [2.05, 4.69) is 4.98 Å². The molecule has 1 aliphatic rings. The van der Waals surface area contributed by atoms with Gasteiger partial charge in [0, 0.05) is 30.8 Å². The lowest BCUT2D eigenvalue weighted by Gasteiger charge is -2.31. The van der Waals surface area contributed by atoms with Gasteiger partial charge in [0.25, 0.3) is 5.91 Å². The Kier molecular flexibility index (Phi) is 4.74. The van der Waals surface area contributed by atoms with Gasteiger partial charge in [-0.1, -0.05) is 35.9 Å². The van der Waals surface area contributed by atoms with Crippen LogP contribution in [0.2, 0.25) is 0 Å². The number of carbonyl (C=O) groups excluding carboxylic acids is 2. The number of likely N-dealkylation sites (tertiary alicyclic amines) is 1. The number of amides is 1. The van der Waals surface area contributed by atoms with Crippen molar-refractivity contribution in [1.82, 2.24) is 9.88 Å². The fraction of sp³-hybridized carbons (Fsp3) is 0.350. The smallest absolute Gasteiger partial charge is 0.272 e. The van der Waals surface area contributed by atoms with Crippen LogP contribution in [0.3, 0.4) is 0 Å². The minimum atomic E-state index is -0.0452. The molecule has 1 saturated heterocycles. The second-order valence-corrected chi connectivity index (χ2v) is 6.52. The highest BCUT2D eigenvalue weighted by Gasteiger charge is 2.28. The Balaban J connectivity index is 1.61. The number of rotatable bonds is 3. The van der Waals surface area contributed by atoms with Gasteiger partial charge in [-0.3, -0.25) is 14.6 Å². The molecule has 0 aliphatic carbocycles. The van der Waals surface area contributed by atoms with Crippen LogP contribution in [0.5, 0.6) is 0 Å². The van der Waals surface area contributed by atoms with E-state index in [1.54, 1.807) is 17.2 Å². The third kappa shape index (κ3) is 3.53. The molecule has 124 valence electrons. The molecule has 1 aliphatic heterocycles. The van der Waals surface area contributed by atoms with Crippen molar-refractivity contribution in [2.75, 3.05) is 13.1 Å². The van der Waals surface area contributed by atoms with Gasteiger partial charge in [-0.15, -0.1) is 0 Å². The number of aryl methyl sites for hydroxylation is 2. The highest BCUT2D eigenvalue weighted by molar-refractivity contribution is 5.98. The van der Waals surface area contributed by atoms with Crippen LogP contribution in [-0.2, 0) is 0 Å². The molecule has 4 heteroatoms. The van der Waals surface area contributed by atoms with Crippen molar-refractivity contribution in [3.63, 3.8) is 0 Å². The van der Waals surface area contributed by atoms with Crippen LogP contribution in [0.4, 0.5) is 0 Å². The molecule has 1 fully saturated rings. The molecule has 1 amide bonds. The van der Waals surface area contributed by atoms with Crippen LogP contribution in [0.25, 0.3) is 0 Å². The SMILES string of the molecule is Cc1ccc(C(=O)C2CCN(C(=O)c3ccc(C)cn3)CC2)cc1. The number of benzene rings is 1. The van der Waals surface area contributed by atoms with Crippen molar-refractivity contribution in [2.24, 2.45) is 5.92 Å². The predicted molar refractivity (Wildman–Crippen MR) is 93.1 cm³/mol. The molecule has 1 aromatic heterocycles. The van der Waals surface area contributed by atoms with Crippen molar-refractivity contribution < 1.29 is 9.59 Å². The van der Waals surface area contributed by atoms with Crippen LogP contribution in [0.15, 0.2) is 42.6 Å². The topological polar surface area (TPSA) is 50.3 Å². The van der Waals surface area contributed by atoms with Crippen LogP contribution < -0.4 is 0 Å². The van der Waals surface area contributed by atoms with E-state index >= 15 is 0 Å². The van der Waals surface area contributed by atoms with Gasteiger partial charge in [-0.2, -0.15) is 0 Å². The zero-order chi connectivity index (χ0) is 17.1. The van der Waals surface area contributed by atoms with E-state index < -0.39 is 0 Å². The molecule has 1 aromatic carbocycles. The Morgan fingerprint density at radius 2 is 1.58 bits per heavy atom. The second kappa shape index (κ2) is 6.95. The van der Waals surface area contributed by atoms with Crippen molar-refractivity contribution in [3.8, 4) is 0 Å². The monoisotopic (exact) mass is 322 g/mol. The van der Waals surface area contributed by atoms with E-state index in [-0.39, 0.29) is 17.6 Å². The number of pyridine rings is 1. The maximum Gasteiger partial charge on any atom is 0.272 e. The van der Waals surface area contributed by atoms with Crippen LogP contribution in [0, 0.1) is 19.8 Å². The summed E-state index contributed by atoms with van der Waals surface area (Å²) in [5.41, 5.74) is 3.43. The van der Waals surface area contributed by atoms with Gasteiger partial charge < -0.3 is 4.90 Å². The first kappa shape index (κ1) is 16.4. The van der Waals surface area contributed by atoms with Gasteiger partial charge in [0.05, 0.1) is 0 Å². The number of aromatic nitrogens is 1. The highest BCUT2D eigenvalue weighted by Crippen LogP contribution is 2.23. The maximum atomic E-state index is 12.6. The Hall–Kier alpha value is -2.49. The third-order valence-corrected chi connectivity index (χ3v) is 4.62. The summed E-state index contributed by atoms with van der Waals surface area (Å²) in [4.78, 5) is 31.1. The summed E-state index contributed by atoms with van der Waals surface area (Å²) in [6.07, 6.45) is 3.13. The second-order valence-electron chi connectivity index (χ2n) is 6.52. The molecule has 2 aromatic rings. The van der Waals surface area contributed by atoms with Gasteiger partial charge >= 0.3 is 0 Å². The molecule has 2 heterocycles. The third-order valence-electron chi connectivity index (χ3n) is 4.62.